The molecule has 2 rings (SSSR count). The Morgan fingerprint density at radius 3 is 2.55 bits per heavy atom. The number of hydrogen-bond acceptors (Lipinski definition) is 3. The highest BCUT2D eigenvalue weighted by Crippen LogP contribution is 2.22. The molecule has 2 aromatic rings. The van der Waals surface area contributed by atoms with Crippen LogP contribution in [0.15, 0.2) is 48.5 Å². The quantitative estimate of drug-likeness (QED) is 0.908. The Bertz CT molecular complexity index is 605. The van der Waals surface area contributed by atoms with E-state index in [1.165, 1.54) is 12.1 Å². The monoisotopic (exact) mass is 270 g/mol. The van der Waals surface area contributed by atoms with Crippen molar-refractivity contribution in [2.45, 2.75) is 12.5 Å². The van der Waals surface area contributed by atoms with Crippen LogP contribution < -0.4 is 10.5 Å². The van der Waals surface area contributed by atoms with Crippen molar-refractivity contribution in [2.24, 2.45) is 5.73 Å². The van der Waals surface area contributed by atoms with Crippen LogP contribution in [0.2, 0.25) is 0 Å². The molecule has 0 amide bonds. The van der Waals surface area contributed by atoms with E-state index in [0.717, 1.165) is 5.56 Å². The van der Waals surface area contributed by atoms with Crippen molar-refractivity contribution >= 4 is 0 Å². The van der Waals surface area contributed by atoms with Gasteiger partial charge in [0.05, 0.1) is 12.5 Å². The van der Waals surface area contributed by atoms with Gasteiger partial charge in [-0.25, -0.2) is 4.39 Å². The Morgan fingerprint density at radius 2 is 1.95 bits per heavy atom. The number of hydrogen-bond donors (Lipinski definition) is 1. The summed E-state index contributed by atoms with van der Waals surface area (Å²) in [6.07, 6.45) is -0.0302. The second-order valence-corrected chi connectivity index (χ2v) is 4.38. The number of benzene rings is 2. The van der Waals surface area contributed by atoms with Crippen molar-refractivity contribution < 1.29 is 9.13 Å². The summed E-state index contributed by atoms with van der Waals surface area (Å²) in [5.74, 6) is 0.334. The minimum atomic E-state index is -0.396. The normalized spacial score (nSPS) is 11.7. The van der Waals surface area contributed by atoms with Gasteiger partial charge in [0.25, 0.3) is 0 Å². The molecule has 2 aromatic carbocycles. The van der Waals surface area contributed by atoms with E-state index in [2.05, 4.69) is 6.07 Å². The van der Waals surface area contributed by atoms with E-state index in [1.54, 1.807) is 24.3 Å². The van der Waals surface area contributed by atoms with Crippen LogP contribution >= 0.6 is 0 Å². The molecule has 0 spiro atoms. The van der Waals surface area contributed by atoms with Gasteiger partial charge in [0.15, 0.2) is 0 Å². The number of ether oxygens (including phenoxy) is 1. The van der Waals surface area contributed by atoms with E-state index in [1.807, 2.05) is 12.1 Å². The van der Waals surface area contributed by atoms with Gasteiger partial charge in [0.2, 0.25) is 0 Å². The Labute approximate surface area is 117 Å². The van der Waals surface area contributed by atoms with Crippen LogP contribution in [-0.4, -0.2) is 6.54 Å². The molecular formula is C16H15FN2O. The van der Waals surface area contributed by atoms with Crippen molar-refractivity contribution in [2.75, 3.05) is 6.54 Å². The highest BCUT2D eigenvalue weighted by molar-refractivity contribution is 5.30. The maximum Gasteiger partial charge on any atom is 0.136 e. The minimum Gasteiger partial charge on any atom is -0.484 e. The van der Waals surface area contributed by atoms with Crippen LogP contribution in [0.1, 0.15) is 17.2 Å². The van der Waals surface area contributed by atoms with Gasteiger partial charge < -0.3 is 10.5 Å². The topological polar surface area (TPSA) is 59.0 Å². The fourth-order valence-corrected chi connectivity index (χ4v) is 1.90. The number of halogens is 1. The Hall–Kier alpha value is -2.38. The number of nitrogens with two attached hydrogens (primary N) is 1. The molecule has 1 atom stereocenters. The van der Waals surface area contributed by atoms with Gasteiger partial charge in [-0.3, -0.25) is 0 Å². The first-order chi connectivity index (χ1) is 9.72. The first-order valence-corrected chi connectivity index (χ1v) is 6.31. The Balaban J connectivity index is 2.12. The minimum absolute atomic E-state index is 0.253. The van der Waals surface area contributed by atoms with Crippen molar-refractivity contribution in [1.29, 1.82) is 5.26 Å². The molecule has 0 saturated carbocycles. The maximum atomic E-state index is 13.2. The third-order valence-corrected chi connectivity index (χ3v) is 2.92. The predicted molar refractivity (Wildman–Crippen MR) is 74.6 cm³/mol. The zero-order valence-electron chi connectivity index (χ0n) is 10.9. The molecule has 0 aromatic heterocycles. The fraction of sp³-hybridized carbons (Fsp3) is 0.188. The molecule has 1 unspecified atom stereocenters. The van der Waals surface area contributed by atoms with Crippen molar-refractivity contribution in [3.05, 3.63) is 65.5 Å². The molecule has 0 aliphatic rings. The summed E-state index contributed by atoms with van der Waals surface area (Å²) < 4.78 is 19.0. The zero-order chi connectivity index (χ0) is 14.4. The number of nitriles is 1. The van der Waals surface area contributed by atoms with Gasteiger partial charge in [0, 0.05) is 6.54 Å². The molecule has 0 aliphatic heterocycles. The second-order valence-electron chi connectivity index (χ2n) is 4.38. The van der Waals surface area contributed by atoms with Crippen molar-refractivity contribution in [3.8, 4) is 11.8 Å². The Kier molecular flexibility index (Phi) is 4.70. The predicted octanol–water partition coefficient (Wildman–Crippen LogP) is 2.97. The molecule has 3 nitrogen and oxygen atoms in total. The highest BCUT2D eigenvalue weighted by atomic mass is 19.1. The van der Waals surface area contributed by atoms with Crippen LogP contribution in [0.25, 0.3) is 0 Å². The van der Waals surface area contributed by atoms with Crippen molar-refractivity contribution in [3.63, 3.8) is 0 Å². The summed E-state index contributed by atoms with van der Waals surface area (Å²) in [4.78, 5) is 0. The second kappa shape index (κ2) is 6.69. The molecule has 102 valence electrons. The molecule has 0 radical (unpaired) electrons. The molecule has 0 bridgehead atoms. The largest absolute Gasteiger partial charge is 0.484 e. The summed E-state index contributed by atoms with van der Waals surface area (Å²) in [6, 6.07) is 15.5. The van der Waals surface area contributed by atoms with E-state index < -0.39 is 6.10 Å². The zero-order valence-corrected chi connectivity index (χ0v) is 10.9. The lowest BCUT2D eigenvalue weighted by atomic mass is 10.1. The van der Waals surface area contributed by atoms with Gasteiger partial charge in [-0.15, -0.1) is 0 Å². The molecular weight excluding hydrogens is 255 g/mol. The van der Waals surface area contributed by atoms with E-state index in [9.17, 15) is 4.39 Å². The summed E-state index contributed by atoms with van der Waals surface area (Å²) in [7, 11) is 0. The van der Waals surface area contributed by atoms with E-state index in [4.69, 9.17) is 15.7 Å². The van der Waals surface area contributed by atoms with Crippen LogP contribution in [-0.2, 0) is 6.42 Å². The SMILES string of the molecule is N#CCc1ccc(OC(CN)c2cccc(F)c2)cc1. The molecule has 0 aliphatic carbocycles. The van der Waals surface area contributed by atoms with Crippen LogP contribution in [0.4, 0.5) is 4.39 Å². The average molecular weight is 270 g/mol. The van der Waals surface area contributed by atoms with E-state index in [0.29, 0.717) is 17.7 Å². The molecule has 0 heterocycles. The van der Waals surface area contributed by atoms with Gasteiger partial charge >= 0.3 is 0 Å². The first-order valence-electron chi connectivity index (χ1n) is 6.31. The third kappa shape index (κ3) is 3.56. The van der Waals surface area contributed by atoms with E-state index in [-0.39, 0.29) is 12.4 Å². The summed E-state index contributed by atoms with van der Waals surface area (Å²) in [6.45, 7) is 0.253. The van der Waals surface area contributed by atoms with Crippen LogP contribution in [0.3, 0.4) is 0 Å². The summed E-state index contributed by atoms with van der Waals surface area (Å²) >= 11 is 0. The lowest BCUT2D eigenvalue weighted by Crippen LogP contribution is -2.18. The molecule has 0 saturated heterocycles. The maximum absolute atomic E-state index is 13.2. The van der Waals surface area contributed by atoms with Crippen LogP contribution in [0.5, 0.6) is 5.75 Å². The summed E-state index contributed by atoms with van der Waals surface area (Å²) in [5.41, 5.74) is 7.32. The van der Waals surface area contributed by atoms with Crippen LogP contribution in [0, 0.1) is 17.1 Å². The number of nitrogens with zero attached hydrogens (tertiary/aromatic N) is 1. The smallest absolute Gasteiger partial charge is 0.136 e. The highest BCUT2D eigenvalue weighted by Gasteiger charge is 2.12. The number of rotatable bonds is 5. The molecule has 2 N–H and O–H groups in total. The third-order valence-electron chi connectivity index (χ3n) is 2.92. The lowest BCUT2D eigenvalue weighted by molar-refractivity contribution is 0.213. The summed E-state index contributed by atoms with van der Waals surface area (Å²) in [5, 5.41) is 8.61. The van der Waals surface area contributed by atoms with Gasteiger partial charge in [-0.2, -0.15) is 5.26 Å². The molecule has 20 heavy (non-hydrogen) atoms. The van der Waals surface area contributed by atoms with Gasteiger partial charge in [-0.05, 0) is 35.4 Å². The first kappa shape index (κ1) is 14.0. The molecule has 0 fully saturated rings. The van der Waals surface area contributed by atoms with E-state index >= 15 is 0 Å². The van der Waals surface area contributed by atoms with Gasteiger partial charge in [0.1, 0.15) is 17.7 Å². The Morgan fingerprint density at radius 1 is 1.20 bits per heavy atom. The van der Waals surface area contributed by atoms with Crippen molar-refractivity contribution in [1.82, 2.24) is 0 Å². The molecule has 4 heteroatoms. The fourth-order valence-electron chi connectivity index (χ4n) is 1.90. The van der Waals surface area contributed by atoms with Gasteiger partial charge in [-0.1, -0.05) is 24.3 Å². The lowest BCUT2D eigenvalue weighted by Gasteiger charge is -2.18. The standard InChI is InChI=1S/C16H15FN2O/c17-14-3-1-2-13(10-14)16(11-19)20-15-6-4-12(5-7-15)8-9-18/h1-7,10,16H,8,11,19H2. The average Bonchev–Trinajstić information content (AvgIpc) is 2.47.